The monoisotopic (exact) mass is 489 g/mol. The molecule has 0 radical (unpaired) electrons. The van der Waals surface area contributed by atoms with E-state index in [2.05, 4.69) is 35.8 Å². The third-order valence-corrected chi connectivity index (χ3v) is 6.51. The smallest absolute Gasteiger partial charge is 0.162 e. The predicted octanol–water partition coefficient (Wildman–Crippen LogP) is 3.85. The molecule has 1 aliphatic heterocycles. The minimum Gasteiger partial charge on any atom is -0.493 e. The number of methoxy groups -OCH3 is 3. The SMILES string of the molecule is COCCN1C(N)=C(C#N)[C@@H](c2cc(OC)c(OC)cc2Br)C2=C1CC(C)(C)CC2=O. The molecule has 0 amide bonds. The summed E-state index contributed by atoms with van der Waals surface area (Å²) in [6.45, 7) is 5.04. The van der Waals surface area contributed by atoms with E-state index in [1.54, 1.807) is 33.5 Å². The lowest BCUT2D eigenvalue weighted by Gasteiger charge is -2.44. The van der Waals surface area contributed by atoms with Crippen LogP contribution in [-0.2, 0) is 9.53 Å². The summed E-state index contributed by atoms with van der Waals surface area (Å²) in [5.74, 6) is 0.869. The molecule has 8 heteroatoms. The number of carbonyl (C=O) groups is 1. The van der Waals surface area contributed by atoms with E-state index >= 15 is 0 Å². The Labute approximate surface area is 191 Å². The average Bonchev–Trinajstić information content (AvgIpc) is 2.71. The maximum absolute atomic E-state index is 13.4. The molecule has 0 saturated carbocycles. The van der Waals surface area contributed by atoms with Gasteiger partial charge in [-0.1, -0.05) is 29.8 Å². The number of Topliss-reactive ketones (excluding diaryl/α,β-unsaturated/α-hetero) is 1. The molecule has 1 aliphatic carbocycles. The normalized spacial score (nSPS) is 20.5. The Kier molecular flexibility index (Phi) is 6.68. The molecular weight excluding hydrogens is 462 g/mol. The highest BCUT2D eigenvalue weighted by Gasteiger charge is 2.44. The van der Waals surface area contributed by atoms with Gasteiger partial charge in [0.15, 0.2) is 17.3 Å². The van der Waals surface area contributed by atoms with E-state index in [1.807, 2.05) is 4.90 Å². The van der Waals surface area contributed by atoms with Crippen LogP contribution < -0.4 is 15.2 Å². The van der Waals surface area contributed by atoms with Crippen LogP contribution in [0.3, 0.4) is 0 Å². The van der Waals surface area contributed by atoms with E-state index in [4.69, 9.17) is 19.9 Å². The second-order valence-corrected chi connectivity index (χ2v) is 9.37. The lowest BCUT2D eigenvalue weighted by molar-refractivity contribution is -0.118. The van der Waals surface area contributed by atoms with E-state index in [9.17, 15) is 10.1 Å². The van der Waals surface area contributed by atoms with Gasteiger partial charge >= 0.3 is 0 Å². The van der Waals surface area contributed by atoms with Gasteiger partial charge in [0.1, 0.15) is 5.82 Å². The molecule has 3 rings (SSSR count). The predicted molar refractivity (Wildman–Crippen MR) is 120 cm³/mol. The van der Waals surface area contributed by atoms with Gasteiger partial charge < -0.3 is 24.8 Å². The molecule has 31 heavy (non-hydrogen) atoms. The molecule has 0 unspecified atom stereocenters. The molecule has 2 N–H and O–H groups in total. The minimum absolute atomic E-state index is 0.0283. The van der Waals surface area contributed by atoms with Gasteiger partial charge in [-0.2, -0.15) is 5.26 Å². The zero-order valence-electron chi connectivity index (χ0n) is 18.5. The van der Waals surface area contributed by atoms with Gasteiger partial charge in [-0.15, -0.1) is 0 Å². The summed E-state index contributed by atoms with van der Waals surface area (Å²) < 4.78 is 16.8. The number of hydrogen-bond acceptors (Lipinski definition) is 7. The highest BCUT2D eigenvalue weighted by molar-refractivity contribution is 9.10. The number of benzene rings is 1. The lowest BCUT2D eigenvalue weighted by Crippen LogP contribution is -2.43. The maximum atomic E-state index is 13.4. The third kappa shape index (κ3) is 4.17. The number of hydrogen-bond donors (Lipinski definition) is 1. The number of ketones is 1. The van der Waals surface area contributed by atoms with E-state index < -0.39 is 5.92 Å². The average molecular weight is 490 g/mol. The molecular formula is C23H28BrN3O4. The second-order valence-electron chi connectivity index (χ2n) is 8.52. The molecule has 2 aliphatic rings. The summed E-state index contributed by atoms with van der Waals surface area (Å²) in [4.78, 5) is 15.3. The first-order valence-electron chi connectivity index (χ1n) is 10.0. The summed E-state index contributed by atoms with van der Waals surface area (Å²) in [5.41, 5.74) is 8.89. The molecule has 0 bridgehead atoms. The molecule has 0 aromatic heterocycles. The number of rotatable bonds is 6. The van der Waals surface area contributed by atoms with Crippen molar-refractivity contribution >= 4 is 21.7 Å². The summed E-state index contributed by atoms with van der Waals surface area (Å²) in [5, 5.41) is 10.1. The summed E-state index contributed by atoms with van der Waals surface area (Å²) in [7, 11) is 4.73. The van der Waals surface area contributed by atoms with Gasteiger partial charge in [-0.05, 0) is 29.5 Å². The Bertz CT molecular complexity index is 1010. The largest absolute Gasteiger partial charge is 0.493 e. The summed E-state index contributed by atoms with van der Waals surface area (Å²) in [6.07, 6.45) is 1.09. The van der Waals surface area contributed by atoms with Crippen LogP contribution in [0.25, 0.3) is 0 Å². The summed E-state index contributed by atoms with van der Waals surface area (Å²) in [6, 6.07) is 5.86. The Morgan fingerprint density at radius 1 is 1.23 bits per heavy atom. The van der Waals surface area contributed by atoms with Crippen LogP contribution in [0.1, 0.15) is 38.2 Å². The Hall–Kier alpha value is -2.50. The van der Waals surface area contributed by atoms with Gasteiger partial charge in [-0.3, -0.25) is 4.79 Å². The number of ether oxygens (including phenoxy) is 3. The van der Waals surface area contributed by atoms with Crippen LogP contribution in [0, 0.1) is 16.7 Å². The van der Waals surface area contributed by atoms with Crippen molar-refractivity contribution in [3.63, 3.8) is 0 Å². The molecule has 166 valence electrons. The highest BCUT2D eigenvalue weighted by atomic mass is 79.9. The Balaban J connectivity index is 2.28. The van der Waals surface area contributed by atoms with E-state index in [0.717, 1.165) is 11.3 Å². The molecule has 1 aromatic rings. The first-order valence-corrected chi connectivity index (χ1v) is 10.8. The molecule has 1 heterocycles. The molecule has 0 saturated heterocycles. The zero-order chi connectivity index (χ0) is 22.9. The molecule has 0 fully saturated rings. The molecule has 7 nitrogen and oxygen atoms in total. The topological polar surface area (TPSA) is 97.8 Å². The van der Waals surface area contributed by atoms with Crippen LogP contribution in [0.15, 0.2) is 39.3 Å². The van der Waals surface area contributed by atoms with E-state index in [-0.39, 0.29) is 11.2 Å². The van der Waals surface area contributed by atoms with Gasteiger partial charge in [0.05, 0.1) is 38.4 Å². The molecule has 0 spiro atoms. The fourth-order valence-corrected chi connectivity index (χ4v) is 4.97. The Morgan fingerprint density at radius 3 is 2.45 bits per heavy atom. The van der Waals surface area contributed by atoms with Crippen molar-refractivity contribution in [1.82, 2.24) is 4.90 Å². The van der Waals surface area contributed by atoms with Crippen molar-refractivity contribution in [2.24, 2.45) is 11.1 Å². The van der Waals surface area contributed by atoms with Crippen LogP contribution >= 0.6 is 15.9 Å². The number of nitrogens with two attached hydrogens (primary N) is 1. The maximum Gasteiger partial charge on any atom is 0.162 e. The number of halogens is 1. The standard InChI is InChI=1S/C23H28BrN3O4/c1-23(2)10-16-21(17(28)11-23)20(14(12-25)22(26)27(16)6-7-29-3)13-8-18(30-4)19(31-5)9-15(13)24/h8-9,20H,6-7,10-11,26H2,1-5H3/t20-/m1/s1. The molecule has 1 atom stereocenters. The fourth-order valence-electron chi connectivity index (χ4n) is 4.42. The van der Waals surface area contributed by atoms with Crippen molar-refractivity contribution in [1.29, 1.82) is 5.26 Å². The Morgan fingerprint density at radius 2 is 1.87 bits per heavy atom. The van der Waals surface area contributed by atoms with Crippen LogP contribution in [0.5, 0.6) is 11.5 Å². The first-order chi connectivity index (χ1) is 14.7. The van der Waals surface area contributed by atoms with Crippen LogP contribution in [-0.4, -0.2) is 45.2 Å². The summed E-state index contributed by atoms with van der Waals surface area (Å²) >= 11 is 3.60. The fraction of sp³-hybridized carbons (Fsp3) is 0.478. The van der Waals surface area contributed by atoms with Crippen LogP contribution in [0.2, 0.25) is 0 Å². The number of allylic oxidation sites excluding steroid dienone is 3. The van der Waals surface area contributed by atoms with Crippen molar-refractivity contribution in [2.45, 2.75) is 32.6 Å². The lowest BCUT2D eigenvalue weighted by atomic mass is 9.68. The van der Waals surface area contributed by atoms with Crippen molar-refractivity contribution in [2.75, 3.05) is 34.5 Å². The van der Waals surface area contributed by atoms with Crippen molar-refractivity contribution in [3.05, 3.63) is 44.8 Å². The second kappa shape index (κ2) is 8.93. The van der Waals surface area contributed by atoms with Crippen molar-refractivity contribution < 1.29 is 19.0 Å². The van der Waals surface area contributed by atoms with Gasteiger partial charge in [0.25, 0.3) is 0 Å². The third-order valence-electron chi connectivity index (χ3n) is 5.82. The zero-order valence-corrected chi connectivity index (χ0v) is 20.1. The number of nitrogens with zero attached hydrogens (tertiary/aromatic N) is 2. The minimum atomic E-state index is -0.587. The van der Waals surface area contributed by atoms with Gasteiger partial charge in [0.2, 0.25) is 0 Å². The number of carbonyl (C=O) groups excluding carboxylic acids is 1. The highest BCUT2D eigenvalue weighted by Crippen LogP contribution is 2.51. The first kappa shape index (κ1) is 23.2. The number of nitriles is 1. The van der Waals surface area contributed by atoms with Crippen LogP contribution in [0.4, 0.5) is 0 Å². The molecule has 1 aromatic carbocycles. The van der Waals surface area contributed by atoms with Gasteiger partial charge in [-0.25, -0.2) is 0 Å². The van der Waals surface area contributed by atoms with Gasteiger partial charge in [0, 0.05) is 35.8 Å². The quantitative estimate of drug-likeness (QED) is 0.647. The van der Waals surface area contributed by atoms with Crippen molar-refractivity contribution in [3.8, 4) is 17.6 Å². The van der Waals surface area contributed by atoms with E-state index in [0.29, 0.717) is 58.9 Å². The van der Waals surface area contributed by atoms with E-state index in [1.165, 1.54) is 0 Å².